The number of aryl methyl sites for hydroxylation is 1. The van der Waals surface area contributed by atoms with E-state index in [-0.39, 0.29) is 6.01 Å². The average Bonchev–Trinajstić information content (AvgIpc) is 2.87. The highest BCUT2D eigenvalue weighted by Crippen LogP contribution is 2.17. The van der Waals surface area contributed by atoms with Crippen LogP contribution in [-0.2, 0) is 6.54 Å². The van der Waals surface area contributed by atoms with E-state index >= 15 is 0 Å². The van der Waals surface area contributed by atoms with E-state index < -0.39 is 0 Å². The monoisotopic (exact) mass is 263 g/mol. The standard InChI is InChI=1S/C11H17N7O/c1-4-6-18-8(7-13-17-18)9-14-10(12-5-2)16-11(15-9)19-3/h7H,4-6H2,1-3H3,(H,12,14,15,16). The number of hydrogen-bond acceptors (Lipinski definition) is 7. The van der Waals surface area contributed by atoms with Crippen molar-refractivity contribution < 1.29 is 4.74 Å². The molecule has 2 aromatic rings. The van der Waals surface area contributed by atoms with Crippen molar-refractivity contribution in [2.45, 2.75) is 26.8 Å². The fourth-order valence-electron chi connectivity index (χ4n) is 1.61. The van der Waals surface area contributed by atoms with E-state index in [4.69, 9.17) is 4.74 Å². The van der Waals surface area contributed by atoms with Gasteiger partial charge in [0.25, 0.3) is 0 Å². The Bertz CT molecular complexity index is 540. The number of aromatic nitrogens is 6. The van der Waals surface area contributed by atoms with Gasteiger partial charge < -0.3 is 10.1 Å². The molecule has 2 rings (SSSR count). The predicted molar refractivity (Wildman–Crippen MR) is 69.8 cm³/mol. The number of anilines is 1. The molecule has 0 atom stereocenters. The maximum Gasteiger partial charge on any atom is 0.321 e. The van der Waals surface area contributed by atoms with Crippen molar-refractivity contribution in [1.29, 1.82) is 0 Å². The van der Waals surface area contributed by atoms with Crippen molar-refractivity contribution in [3.8, 4) is 17.5 Å². The zero-order chi connectivity index (χ0) is 13.7. The Morgan fingerprint density at radius 1 is 1.26 bits per heavy atom. The van der Waals surface area contributed by atoms with Crippen molar-refractivity contribution in [3.05, 3.63) is 6.20 Å². The van der Waals surface area contributed by atoms with Gasteiger partial charge in [-0.15, -0.1) is 5.10 Å². The smallest absolute Gasteiger partial charge is 0.321 e. The van der Waals surface area contributed by atoms with Gasteiger partial charge in [0.2, 0.25) is 5.95 Å². The summed E-state index contributed by atoms with van der Waals surface area (Å²) in [6.45, 7) is 5.53. The van der Waals surface area contributed by atoms with Crippen LogP contribution in [0.25, 0.3) is 11.5 Å². The first kappa shape index (κ1) is 13.2. The molecule has 0 aliphatic heterocycles. The third-order valence-corrected chi connectivity index (χ3v) is 2.41. The second-order valence-corrected chi connectivity index (χ2v) is 3.84. The van der Waals surface area contributed by atoms with Gasteiger partial charge in [0, 0.05) is 13.1 Å². The molecule has 2 aromatic heterocycles. The van der Waals surface area contributed by atoms with Gasteiger partial charge in [0.15, 0.2) is 5.82 Å². The van der Waals surface area contributed by atoms with E-state index in [1.54, 1.807) is 10.9 Å². The van der Waals surface area contributed by atoms with Gasteiger partial charge in [0.05, 0.1) is 13.3 Å². The van der Waals surface area contributed by atoms with Crippen LogP contribution in [-0.4, -0.2) is 43.6 Å². The zero-order valence-corrected chi connectivity index (χ0v) is 11.3. The van der Waals surface area contributed by atoms with Gasteiger partial charge in [-0.3, -0.25) is 0 Å². The summed E-state index contributed by atoms with van der Waals surface area (Å²) in [5.74, 6) is 0.981. The van der Waals surface area contributed by atoms with Crippen LogP contribution in [0.1, 0.15) is 20.3 Å². The van der Waals surface area contributed by atoms with E-state index in [2.05, 4.69) is 37.5 Å². The number of rotatable bonds is 6. The molecule has 0 aromatic carbocycles. The highest BCUT2D eigenvalue weighted by Gasteiger charge is 2.13. The molecule has 2 heterocycles. The molecule has 0 bridgehead atoms. The Morgan fingerprint density at radius 2 is 2.11 bits per heavy atom. The number of nitrogens with one attached hydrogen (secondary N) is 1. The average molecular weight is 263 g/mol. The van der Waals surface area contributed by atoms with E-state index in [0.29, 0.717) is 11.8 Å². The number of ether oxygens (including phenoxy) is 1. The van der Waals surface area contributed by atoms with Crippen molar-refractivity contribution in [1.82, 2.24) is 29.9 Å². The first-order valence-corrected chi connectivity index (χ1v) is 6.21. The Kier molecular flexibility index (Phi) is 4.22. The number of methoxy groups -OCH3 is 1. The zero-order valence-electron chi connectivity index (χ0n) is 11.3. The van der Waals surface area contributed by atoms with Crippen LogP contribution in [0, 0.1) is 0 Å². The molecule has 0 radical (unpaired) electrons. The minimum atomic E-state index is 0.269. The highest BCUT2D eigenvalue weighted by molar-refractivity contribution is 5.50. The van der Waals surface area contributed by atoms with Gasteiger partial charge in [-0.25, -0.2) is 4.68 Å². The lowest BCUT2D eigenvalue weighted by molar-refractivity contribution is 0.379. The summed E-state index contributed by atoms with van der Waals surface area (Å²) >= 11 is 0. The quantitative estimate of drug-likeness (QED) is 0.830. The topological polar surface area (TPSA) is 90.6 Å². The van der Waals surface area contributed by atoms with Gasteiger partial charge in [-0.1, -0.05) is 12.1 Å². The second-order valence-electron chi connectivity index (χ2n) is 3.84. The molecular weight excluding hydrogens is 246 g/mol. The fraction of sp³-hybridized carbons (Fsp3) is 0.545. The summed E-state index contributed by atoms with van der Waals surface area (Å²) in [5, 5.41) is 11.0. The van der Waals surface area contributed by atoms with Crippen molar-refractivity contribution in [2.75, 3.05) is 19.0 Å². The fourth-order valence-corrected chi connectivity index (χ4v) is 1.61. The molecule has 0 aliphatic rings. The summed E-state index contributed by atoms with van der Waals surface area (Å²) in [7, 11) is 1.52. The van der Waals surface area contributed by atoms with Crippen molar-refractivity contribution in [2.24, 2.45) is 0 Å². The van der Waals surface area contributed by atoms with Gasteiger partial charge in [-0.05, 0) is 13.3 Å². The Hall–Kier alpha value is -2.25. The third-order valence-electron chi connectivity index (χ3n) is 2.41. The molecule has 19 heavy (non-hydrogen) atoms. The molecule has 8 nitrogen and oxygen atoms in total. The van der Waals surface area contributed by atoms with Crippen LogP contribution in [0.4, 0.5) is 5.95 Å². The summed E-state index contributed by atoms with van der Waals surface area (Å²) < 4.78 is 6.86. The van der Waals surface area contributed by atoms with Crippen LogP contribution in [0.5, 0.6) is 6.01 Å². The second kappa shape index (κ2) is 6.07. The lowest BCUT2D eigenvalue weighted by Crippen LogP contribution is -2.09. The molecule has 0 fully saturated rings. The third kappa shape index (κ3) is 2.95. The largest absolute Gasteiger partial charge is 0.467 e. The van der Waals surface area contributed by atoms with Gasteiger partial charge in [-0.2, -0.15) is 15.0 Å². The molecule has 0 saturated heterocycles. The summed E-state index contributed by atoms with van der Waals surface area (Å²) in [6.07, 6.45) is 2.60. The summed E-state index contributed by atoms with van der Waals surface area (Å²) in [4.78, 5) is 12.7. The van der Waals surface area contributed by atoms with E-state index in [9.17, 15) is 0 Å². The van der Waals surface area contributed by atoms with Crippen molar-refractivity contribution >= 4 is 5.95 Å². The highest BCUT2D eigenvalue weighted by atomic mass is 16.5. The lowest BCUT2D eigenvalue weighted by Gasteiger charge is -2.07. The molecule has 0 unspecified atom stereocenters. The normalized spacial score (nSPS) is 10.5. The molecule has 102 valence electrons. The van der Waals surface area contributed by atoms with Crippen LogP contribution in [0.15, 0.2) is 6.20 Å². The first-order chi connectivity index (χ1) is 9.28. The molecular formula is C11H17N7O. The van der Waals surface area contributed by atoms with E-state index in [0.717, 1.165) is 25.2 Å². The summed E-state index contributed by atoms with van der Waals surface area (Å²) in [5.41, 5.74) is 0.752. The predicted octanol–water partition coefficient (Wildman–Crippen LogP) is 0.980. The lowest BCUT2D eigenvalue weighted by atomic mass is 10.4. The minimum absolute atomic E-state index is 0.269. The van der Waals surface area contributed by atoms with E-state index in [1.807, 2.05) is 6.92 Å². The molecule has 0 saturated carbocycles. The molecule has 0 amide bonds. The van der Waals surface area contributed by atoms with Crippen LogP contribution in [0.2, 0.25) is 0 Å². The van der Waals surface area contributed by atoms with Crippen LogP contribution < -0.4 is 10.1 Å². The Balaban J connectivity index is 2.42. The van der Waals surface area contributed by atoms with E-state index in [1.165, 1.54) is 7.11 Å². The molecule has 0 spiro atoms. The van der Waals surface area contributed by atoms with Gasteiger partial charge in [0.1, 0.15) is 5.69 Å². The van der Waals surface area contributed by atoms with Crippen molar-refractivity contribution in [3.63, 3.8) is 0 Å². The Labute approximate surface area is 111 Å². The minimum Gasteiger partial charge on any atom is -0.467 e. The maximum atomic E-state index is 5.09. The maximum absolute atomic E-state index is 5.09. The summed E-state index contributed by atoms with van der Waals surface area (Å²) in [6, 6.07) is 0.269. The molecule has 1 N–H and O–H groups in total. The SMILES string of the molecule is CCCn1nncc1-c1nc(NCC)nc(OC)n1. The Morgan fingerprint density at radius 3 is 2.79 bits per heavy atom. The first-order valence-electron chi connectivity index (χ1n) is 6.21. The number of hydrogen-bond donors (Lipinski definition) is 1. The van der Waals surface area contributed by atoms with Gasteiger partial charge >= 0.3 is 6.01 Å². The molecule has 0 aliphatic carbocycles. The molecule has 8 heteroatoms. The van der Waals surface area contributed by atoms with Crippen LogP contribution in [0.3, 0.4) is 0 Å². The van der Waals surface area contributed by atoms with Crippen LogP contribution >= 0.6 is 0 Å². The number of nitrogens with zero attached hydrogens (tertiary/aromatic N) is 6.